The van der Waals surface area contributed by atoms with Crippen LogP contribution >= 0.6 is 11.8 Å². The van der Waals surface area contributed by atoms with Crippen molar-refractivity contribution in [2.24, 2.45) is 0 Å². The van der Waals surface area contributed by atoms with Gasteiger partial charge in [0.25, 0.3) is 5.91 Å². The van der Waals surface area contributed by atoms with Crippen molar-refractivity contribution in [3.8, 4) is 5.75 Å². The van der Waals surface area contributed by atoms with Crippen LogP contribution in [0, 0.1) is 0 Å². The molecule has 1 aromatic rings. The molecule has 20 heavy (non-hydrogen) atoms. The first-order valence-corrected chi connectivity index (χ1v) is 8.20. The summed E-state index contributed by atoms with van der Waals surface area (Å²) in [5.41, 5.74) is 6.84. The predicted molar refractivity (Wildman–Crippen MR) is 84.4 cm³/mol. The lowest BCUT2D eigenvalue weighted by Gasteiger charge is -2.28. The number of anilines is 1. The van der Waals surface area contributed by atoms with Gasteiger partial charge in [-0.3, -0.25) is 4.79 Å². The first-order valence-electron chi connectivity index (χ1n) is 6.91. The van der Waals surface area contributed by atoms with Crippen LogP contribution in [-0.2, 0) is 0 Å². The number of ether oxygens (including phenoxy) is 1. The Hall–Kier alpha value is -1.36. The Morgan fingerprint density at radius 3 is 2.65 bits per heavy atom. The van der Waals surface area contributed by atoms with Gasteiger partial charge in [-0.05, 0) is 50.1 Å². The SMILES string of the molecule is COc1ccc(N)cc1C(=O)NC1CCC(SC)CC1. The van der Waals surface area contributed by atoms with Crippen LogP contribution in [0.2, 0.25) is 0 Å². The van der Waals surface area contributed by atoms with Crippen LogP contribution in [0.3, 0.4) is 0 Å². The van der Waals surface area contributed by atoms with Gasteiger partial charge in [0.05, 0.1) is 12.7 Å². The van der Waals surface area contributed by atoms with E-state index in [9.17, 15) is 4.79 Å². The monoisotopic (exact) mass is 294 g/mol. The van der Waals surface area contributed by atoms with Gasteiger partial charge < -0.3 is 15.8 Å². The molecule has 110 valence electrons. The van der Waals surface area contributed by atoms with E-state index in [1.165, 1.54) is 12.8 Å². The highest BCUT2D eigenvalue weighted by Crippen LogP contribution is 2.27. The minimum absolute atomic E-state index is 0.0956. The zero-order valence-electron chi connectivity index (χ0n) is 12.0. The summed E-state index contributed by atoms with van der Waals surface area (Å²) in [4.78, 5) is 12.3. The number of rotatable bonds is 4. The molecule has 4 nitrogen and oxygen atoms in total. The molecule has 0 atom stereocenters. The van der Waals surface area contributed by atoms with Gasteiger partial charge in [-0.25, -0.2) is 0 Å². The highest BCUT2D eigenvalue weighted by atomic mass is 32.2. The average molecular weight is 294 g/mol. The second kappa shape index (κ2) is 6.88. The van der Waals surface area contributed by atoms with Gasteiger partial charge in [0.2, 0.25) is 0 Å². The molecule has 1 aliphatic carbocycles. The summed E-state index contributed by atoms with van der Waals surface area (Å²) in [6.07, 6.45) is 6.57. The molecule has 1 amide bonds. The van der Waals surface area contributed by atoms with Crippen molar-refractivity contribution in [3.05, 3.63) is 23.8 Å². The van der Waals surface area contributed by atoms with Crippen molar-refractivity contribution in [1.82, 2.24) is 5.32 Å². The minimum atomic E-state index is -0.0956. The summed E-state index contributed by atoms with van der Waals surface area (Å²) in [5.74, 6) is 0.469. The number of nitrogens with two attached hydrogens (primary N) is 1. The lowest BCUT2D eigenvalue weighted by molar-refractivity contribution is 0.0925. The van der Waals surface area contributed by atoms with Crippen LogP contribution < -0.4 is 15.8 Å². The van der Waals surface area contributed by atoms with Gasteiger partial charge >= 0.3 is 0 Å². The Balaban J connectivity index is 2.00. The first-order chi connectivity index (χ1) is 9.63. The summed E-state index contributed by atoms with van der Waals surface area (Å²) in [5, 5.41) is 3.84. The lowest BCUT2D eigenvalue weighted by Crippen LogP contribution is -2.38. The molecule has 0 aromatic heterocycles. The summed E-state index contributed by atoms with van der Waals surface area (Å²) in [6.45, 7) is 0. The van der Waals surface area contributed by atoms with Crippen LogP contribution in [0.1, 0.15) is 36.0 Å². The van der Waals surface area contributed by atoms with E-state index in [4.69, 9.17) is 10.5 Å². The van der Waals surface area contributed by atoms with Crippen LogP contribution in [0.5, 0.6) is 5.75 Å². The summed E-state index contributed by atoms with van der Waals surface area (Å²) in [6, 6.07) is 5.40. The number of amides is 1. The standard InChI is InChI=1S/C15H22N2O2S/c1-19-14-8-3-10(16)9-13(14)15(18)17-11-4-6-12(20-2)7-5-11/h3,8-9,11-12H,4-7,16H2,1-2H3,(H,17,18). The first kappa shape index (κ1) is 15.0. The number of carbonyl (C=O) groups is 1. The molecule has 5 heteroatoms. The largest absolute Gasteiger partial charge is 0.496 e. The van der Waals surface area contributed by atoms with Crippen LogP contribution in [0.25, 0.3) is 0 Å². The van der Waals surface area contributed by atoms with Crippen LogP contribution in [-0.4, -0.2) is 30.6 Å². The molecule has 0 spiro atoms. The molecule has 0 unspecified atom stereocenters. The Bertz CT molecular complexity index is 471. The fraction of sp³-hybridized carbons (Fsp3) is 0.533. The molecule has 0 radical (unpaired) electrons. The normalized spacial score (nSPS) is 22.3. The van der Waals surface area contributed by atoms with Gasteiger partial charge in [-0.1, -0.05) is 0 Å². The molecule has 1 fully saturated rings. The molecule has 0 aliphatic heterocycles. The maximum Gasteiger partial charge on any atom is 0.255 e. The van der Waals surface area contributed by atoms with E-state index >= 15 is 0 Å². The zero-order chi connectivity index (χ0) is 14.5. The van der Waals surface area contributed by atoms with E-state index in [-0.39, 0.29) is 11.9 Å². The Labute approximate surface area is 124 Å². The number of hydrogen-bond donors (Lipinski definition) is 2. The zero-order valence-corrected chi connectivity index (χ0v) is 12.8. The number of thioether (sulfide) groups is 1. The van der Waals surface area contributed by atoms with Crippen LogP contribution in [0.4, 0.5) is 5.69 Å². The van der Waals surface area contributed by atoms with E-state index in [0.717, 1.165) is 18.1 Å². The van der Waals surface area contributed by atoms with Gasteiger partial charge in [-0.2, -0.15) is 11.8 Å². The van der Waals surface area contributed by atoms with Gasteiger partial charge in [0.15, 0.2) is 0 Å². The number of methoxy groups -OCH3 is 1. The molecule has 0 saturated heterocycles. The molecule has 0 bridgehead atoms. The second-order valence-electron chi connectivity index (χ2n) is 5.14. The third-order valence-corrected chi connectivity index (χ3v) is 4.95. The Morgan fingerprint density at radius 1 is 1.35 bits per heavy atom. The summed E-state index contributed by atoms with van der Waals surface area (Å²) in [7, 11) is 1.56. The molecule has 1 aromatic carbocycles. The quantitative estimate of drug-likeness (QED) is 0.838. The number of hydrogen-bond acceptors (Lipinski definition) is 4. The number of nitrogens with one attached hydrogen (secondary N) is 1. The van der Waals surface area contributed by atoms with Gasteiger partial charge in [0.1, 0.15) is 5.75 Å². The van der Waals surface area contributed by atoms with Crippen LogP contribution in [0.15, 0.2) is 18.2 Å². The maximum absolute atomic E-state index is 12.3. The predicted octanol–water partition coefficient (Wildman–Crippen LogP) is 2.68. The van der Waals surface area contributed by atoms with Crippen molar-refractivity contribution in [1.29, 1.82) is 0 Å². The smallest absolute Gasteiger partial charge is 0.255 e. The molecule has 0 heterocycles. The van der Waals surface area contributed by atoms with Crippen molar-refractivity contribution in [2.75, 3.05) is 19.1 Å². The fourth-order valence-corrected chi connectivity index (χ4v) is 3.35. The molecule has 1 aliphatic rings. The summed E-state index contributed by atoms with van der Waals surface area (Å²) >= 11 is 1.92. The number of nitrogen functional groups attached to an aromatic ring is 1. The maximum atomic E-state index is 12.3. The summed E-state index contributed by atoms with van der Waals surface area (Å²) < 4.78 is 5.23. The van der Waals surface area contributed by atoms with E-state index < -0.39 is 0 Å². The van der Waals surface area contributed by atoms with Crippen molar-refractivity contribution in [3.63, 3.8) is 0 Å². The molecular weight excluding hydrogens is 272 g/mol. The average Bonchev–Trinajstić information content (AvgIpc) is 2.48. The van der Waals surface area contributed by atoms with E-state index in [1.54, 1.807) is 25.3 Å². The van der Waals surface area contributed by atoms with E-state index in [2.05, 4.69) is 11.6 Å². The third kappa shape index (κ3) is 3.60. The van der Waals surface area contributed by atoms with E-state index in [1.807, 2.05) is 11.8 Å². The van der Waals surface area contributed by atoms with Gasteiger partial charge in [0, 0.05) is 17.0 Å². The van der Waals surface area contributed by atoms with Crippen molar-refractivity contribution >= 4 is 23.4 Å². The number of carbonyl (C=O) groups excluding carboxylic acids is 1. The molecular formula is C15H22N2O2S. The van der Waals surface area contributed by atoms with E-state index in [0.29, 0.717) is 17.0 Å². The molecule has 3 N–H and O–H groups in total. The Morgan fingerprint density at radius 2 is 2.05 bits per heavy atom. The van der Waals surface area contributed by atoms with Gasteiger partial charge in [-0.15, -0.1) is 0 Å². The molecule has 2 rings (SSSR count). The highest BCUT2D eigenvalue weighted by molar-refractivity contribution is 7.99. The van der Waals surface area contributed by atoms with Crippen molar-refractivity contribution < 1.29 is 9.53 Å². The lowest BCUT2D eigenvalue weighted by atomic mass is 9.94. The molecule has 1 saturated carbocycles. The highest BCUT2D eigenvalue weighted by Gasteiger charge is 2.23. The second-order valence-corrected chi connectivity index (χ2v) is 6.28. The topological polar surface area (TPSA) is 64.3 Å². The number of benzene rings is 1. The minimum Gasteiger partial charge on any atom is -0.496 e. The fourth-order valence-electron chi connectivity index (χ4n) is 2.61. The third-order valence-electron chi connectivity index (χ3n) is 3.81. The van der Waals surface area contributed by atoms with Crippen molar-refractivity contribution in [2.45, 2.75) is 37.0 Å². The Kier molecular flexibility index (Phi) is 5.17.